The molecule has 3 rings (SSSR count). The van der Waals surface area contributed by atoms with Crippen LogP contribution in [0, 0.1) is 10.8 Å². The van der Waals surface area contributed by atoms with Crippen LogP contribution in [-0.2, 0) is 11.5 Å². The number of hydrogen-bond acceptors (Lipinski definition) is 5. The predicted molar refractivity (Wildman–Crippen MR) is 112 cm³/mol. The number of furan rings is 1. The van der Waals surface area contributed by atoms with Crippen LogP contribution in [0.4, 0.5) is 0 Å². The number of benzene rings is 2. The molecule has 8 heteroatoms. The highest BCUT2D eigenvalue weighted by atomic mass is 79.9. The van der Waals surface area contributed by atoms with Crippen molar-refractivity contribution in [2.45, 2.75) is 11.5 Å². The molecule has 124 valence electrons. The maximum Gasteiger partial charge on any atom is 0.151 e. The topological polar surface area (TPSA) is 86.9 Å². The molecule has 3 aromatic rings. The Morgan fingerprint density at radius 2 is 1.58 bits per heavy atom. The highest BCUT2D eigenvalue weighted by Gasteiger charge is 2.17. The van der Waals surface area contributed by atoms with Crippen molar-refractivity contribution in [1.82, 2.24) is 0 Å². The average molecular weight is 487 g/mol. The Labute approximate surface area is 164 Å². The lowest BCUT2D eigenvalue weighted by Crippen LogP contribution is -2.04. The van der Waals surface area contributed by atoms with E-state index in [9.17, 15) is 0 Å². The van der Waals surface area contributed by atoms with Crippen molar-refractivity contribution in [2.75, 3.05) is 0 Å². The minimum absolute atomic E-state index is 0.0841. The van der Waals surface area contributed by atoms with Gasteiger partial charge < -0.3 is 15.6 Å². The van der Waals surface area contributed by atoms with E-state index in [1.54, 1.807) is 0 Å². The molecule has 0 fully saturated rings. The van der Waals surface area contributed by atoms with Gasteiger partial charge in [-0.15, -0.1) is 11.8 Å². The molecule has 0 saturated carbocycles. The summed E-state index contributed by atoms with van der Waals surface area (Å²) in [7, 11) is 0. The molecule has 0 atom stereocenters. The largest absolute Gasteiger partial charge is 0.455 e. The number of rotatable bonds is 5. The molecule has 1 heterocycles. The van der Waals surface area contributed by atoms with Gasteiger partial charge in [0.2, 0.25) is 0 Å². The van der Waals surface area contributed by atoms with E-state index in [2.05, 4.69) is 31.9 Å². The van der Waals surface area contributed by atoms with E-state index in [0.717, 1.165) is 42.0 Å². The molecule has 0 amide bonds. The summed E-state index contributed by atoms with van der Waals surface area (Å²) in [6.07, 6.45) is 0. The number of halogens is 2. The second kappa shape index (κ2) is 7.51. The van der Waals surface area contributed by atoms with Crippen molar-refractivity contribution in [3.63, 3.8) is 0 Å². The summed E-state index contributed by atoms with van der Waals surface area (Å²) in [5.41, 5.74) is 10.5. The standard InChI is InChI=1S/C16H13Br2N3OS2/c17-12-3-1-8-9-2-4-13(18)11(6-24-16(20)21)15(9)22-14(8)10(12)5-23-7-19/h1-4,7,19H,5-6H2,(H3,20,21). The Kier molecular flexibility index (Phi) is 5.59. The van der Waals surface area contributed by atoms with Crippen LogP contribution in [0.2, 0.25) is 0 Å². The Morgan fingerprint density at radius 3 is 2.08 bits per heavy atom. The fourth-order valence-corrected chi connectivity index (χ4v) is 4.91. The summed E-state index contributed by atoms with van der Waals surface area (Å²) in [5.74, 6) is 1.23. The van der Waals surface area contributed by atoms with Gasteiger partial charge >= 0.3 is 0 Å². The normalized spacial score (nSPS) is 11.2. The predicted octanol–water partition coefficient (Wildman–Crippen LogP) is 6.08. The second-order valence-corrected chi connectivity index (χ2v) is 8.57. The monoisotopic (exact) mass is 485 g/mol. The zero-order chi connectivity index (χ0) is 17.3. The third-order valence-electron chi connectivity index (χ3n) is 3.58. The summed E-state index contributed by atoms with van der Waals surface area (Å²) < 4.78 is 8.15. The summed E-state index contributed by atoms with van der Waals surface area (Å²) in [5, 5.41) is 16.9. The zero-order valence-electron chi connectivity index (χ0n) is 12.4. The smallest absolute Gasteiger partial charge is 0.151 e. The molecule has 24 heavy (non-hydrogen) atoms. The van der Waals surface area contributed by atoms with Crippen LogP contribution < -0.4 is 5.73 Å². The van der Waals surface area contributed by atoms with E-state index >= 15 is 0 Å². The molecule has 0 aliphatic carbocycles. The molecular weight excluding hydrogens is 474 g/mol. The molecule has 0 aliphatic heterocycles. The van der Waals surface area contributed by atoms with E-state index in [0.29, 0.717) is 11.5 Å². The van der Waals surface area contributed by atoms with Gasteiger partial charge in [0.25, 0.3) is 0 Å². The number of nitrogens with two attached hydrogens (primary N) is 1. The lowest BCUT2D eigenvalue weighted by Gasteiger charge is -2.04. The van der Waals surface area contributed by atoms with Gasteiger partial charge in [-0.25, -0.2) is 0 Å². The third-order valence-corrected chi connectivity index (χ3v) is 6.44. The highest BCUT2D eigenvalue weighted by Crippen LogP contribution is 2.39. The summed E-state index contributed by atoms with van der Waals surface area (Å²) in [6, 6.07) is 8.10. The summed E-state index contributed by atoms with van der Waals surface area (Å²) in [4.78, 5) is 0. The first-order chi connectivity index (χ1) is 11.5. The van der Waals surface area contributed by atoms with Gasteiger partial charge in [-0.1, -0.05) is 43.6 Å². The first kappa shape index (κ1) is 17.8. The zero-order valence-corrected chi connectivity index (χ0v) is 17.2. The van der Waals surface area contributed by atoms with E-state index in [4.69, 9.17) is 21.0 Å². The van der Waals surface area contributed by atoms with E-state index in [1.165, 1.54) is 29.1 Å². The van der Waals surface area contributed by atoms with E-state index in [-0.39, 0.29) is 5.17 Å². The Hall–Kier alpha value is -0.960. The van der Waals surface area contributed by atoms with Crippen molar-refractivity contribution in [1.29, 1.82) is 10.8 Å². The van der Waals surface area contributed by atoms with Crippen LogP contribution in [0.15, 0.2) is 37.6 Å². The lowest BCUT2D eigenvalue weighted by molar-refractivity contribution is 0.661. The minimum Gasteiger partial charge on any atom is -0.455 e. The third kappa shape index (κ3) is 3.37. The molecule has 0 radical (unpaired) electrons. The van der Waals surface area contributed by atoms with Gasteiger partial charge in [-0.05, 0) is 24.3 Å². The SMILES string of the molecule is N=CSCc1c(Br)ccc2c1oc1c(CSC(=N)N)c(Br)ccc12. The number of thioether (sulfide) groups is 2. The Bertz CT molecular complexity index is 956. The molecule has 1 aromatic heterocycles. The van der Waals surface area contributed by atoms with E-state index < -0.39 is 0 Å². The lowest BCUT2D eigenvalue weighted by atomic mass is 10.1. The molecular formula is C16H13Br2N3OS2. The molecule has 0 saturated heterocycles. The van der Waals surface area contributed by atoms with Crippen molar-refractivity contribution in [3.8, 4) is 0 Å². The quantitative estimate of drug-likeness (QED) is 0.301. The molecule has 0 unspecified atom stereocenters. The van der Waals surface area contributed by atoms with Gasteiger partial charge in [0, 0.05) is 42.4 Å². The van der Waals surface area contributed by atoms with Crippen molar-refractivity contribution in [3.05, 3.63) is 44.3 Å². The average Bonchev–Trinajstić information content (AvgIpc) is 2.91. The maximum atomic E-state index is 7.43. The first-order valence-corrected chi connectivity index (χ1v) is 10.5. The molecule has 0 bridgehead atoms. The second-order valence-electron chi connectivity index (χ2n) is 4.99. The Balaban J connectivity index is 2.24. The van der Waals surface area contributed by atoms with Crippen LogP contribution in [0.1, 0.15) is 11.1 Å². The van der Waals surface area contributed by atoms with Gasteiger partial charge in [0.1, 0.15) is 11.2 Å². The number of amidine groups is 1. The molecule has 0 spiro atoms. The minimum atomic E-state index is 0.0841. The first-order valence-electron chi connectivity index (χ1n) is 6.91. The molecule has 2 aromatic carbocycles. The fourth-order valence-electron chi connectivity index (χ4n) is 2.51. The van der Waals surface area contributed by atoms with E-state index in [1.807, 2.05) is 24.3 Å². The van der Waals surface area contributed by atoms with Crippen molar-refractivity contribution in [2.24, 2.45) is 5.73 Å². The van der Waals surface area contributed by atoms with Crippen LogP contribution in [0.25, 0.3) is 21.9 Å². The van der Waals surface area contributed by atoms with Crippen LogP contribution >= 0.6 is 55.4 Å². The highest BCUT2D eigenvalue weighted by molar-refractivity contribution is 9.10. The van der Waals surface area contributed by atoms with Crippen LogP contribution in [-0.4, -0.2) is 10.7 Å². The molecule has 0 aliphatic rings. The fraction of sp³-hybridized carbons (Fsp3) is 0.125. The van der Waals surface area contributed by atoms with Gasteiger partial charge in [-0.3, -0.25) is 5.41 Å². The molecule has 4 nitrogen and oxygen atoms in total. The van der Waals surface area contributed by atoms with Crippen LogP contribution in [0.5, 0.6) is 0 Å². The Morgan fingerprint density at radius 1 is 1.04 bits per heavy atom. The molecule has 4 N–H and O–H groups in total. The van der Waals surface area contributed by atoms with Crippen molar-refractivity contribution < 1.29 is 4.42 Å². The van der Waals surface area contributed by atoms with Crippen molar-refractivity contribution >= 4 is 88.0 Å². The van der Waals surface area contributed by atoms with Crippen LogP contribution in [0.3, 0.4) is 0 Å². The summed E-state index contributed by atoms with van der Waals surface area (Å²) in [6.45, 7) is 0. The summed E-state index contributed by atoms with van der Waals surface area (Å²) >= 11 is 9.84. The van der Waals surface area contributed by atoms with Gasteiger partial charge in [0.05, 0.1) is 5.55 Å². The number of nitrogens with one attached hydrogen (secondary N) is 2. The number of fused-ring (bicyclic) bond motifs is 3. The van der Waals surface area contributed by atoms with Gasteiger partial charge in [0.15, 0.2) is 5.17 Å². The maximum absolute atomic E-state index is 7.43. The number of hydrogen-bond donors (Lipinski definition) is 3. The van der Waals surface area contributed by atoms with Gasteiger partial charge in [-0.2, -0.15) is 0 Å².